The predicted molar refractivity (Wildman–Crippen MR) is 105 cm³/mol. The van der Waals surface area contributed by atoms with Gasteiger partial charge in [0.2, 0.25) is 0 Å². The number of hydrogen-bond acceptors (Lipinski definition) is 4. The normalized spacial score (nSPS) is 15.8. The minimum atomic E-state index is -0.0924. The van der Waals surface area contributed by atoms with Crippen LogP contribution >= 0.6 is 15.9 Å². The third-order valence-corrected chi connectivity index (χ3v) is 5.57. The molecule has 0 unspecified atom stereocenters. The molecule has 2 aromatic rings. The van der Waals surface area contributed by atoms with E-state index in [0.717, 1.165) is 38.4 Å². The minimum Gasteiger partial charge on any atom is -0.367 e. The molecule has 0 amide bonds. The van der Waals surface area contributed by atoms with E-state index in [-0.39, 0.29) is 5.56 Å². The van der Waals surface area contributed by atoms with E-state index >= 15 is 0 Å². The quantitative estimate of drug-likeness (QED) is 0.785. The number of aryl methyl sites for hydroxylation is 1. The third-order valence-electron chi connectivity index (χ3n) is 4.83. The number of halogens is 1. The molecule has 25 heavy (non-hydrogen) atoms. The second-order valence-corrected chi connectivity index (χ2v) is 7.73. The van der Waals surface area contributed by atoms with Crippen LogP contribution in [0.15, 0.2) is 39.7 Å². The Morgan fingerprint density at radius 2 is 1.76 bits per heavy atom. The molecule has 1 saturated heterocycles. The molecule has 0 saturated carbocycles. The highest BCUT2D eigenvalue weighted by Crippen LogP contribution is 2.23. The topological polar surface area (TPSA) is 41.4 Å². The van der Waals surface area contributed by atoms with Crippen molar-refractivity contribution in [3.05, 3.63) is 56.4 Å². The monoisotopic (exact) mass is 404 g/mol. The van der Waals surface area contributed by atoms with Gasteiger partial charge in [-0.2, -0.15) is 5.10 Å². The van der Waals surface area contributed by atoms with Crippen molar-refractivity contribution in [2.75, 3.05) is 31.1 Å². The lowest BCUT2D eigenvalue weighted by Gasteiger charge is -2.36. The average molecular weight is 405 g/mol. The number of rotatable bonds is 4. The van der Waals surface area contributed by atoms with Gasteiger partial charge in [0, 0.05) is 39.8 Å². The average Bonchev–Trinajstić information content (AvgIpc) is 2.61. The van der Waals surface area contributed by atoms with Crippen molar-refractivity contribution < 1.29 is 0 Å². The van der Waals surface area contributed by atoms with Gasteiger partial charge in [-0.1, -0.05) is 38.1 Å². The van der Waals surface area contributed by atoms with Gasteiger partial charge in [0.1, 0.15) is 4.47 Å². The standard InChI is InChI=1S/C19H25BrN4O/c1-14(2)16-6-4-15(5-7-16)13-23-8-10-24(11-9-23)17-12-21-22(3)19(25)18(17)20/h4-7,12,14H,8-11,13H2,1-3H3. The van der Waals surface area contributed by atoms with Gasteiger partial charge in [0.15, 0.2) is 0 Å². The van der Waals surface area contributed by atoms with Gasteiger partial charge in [0.05, 0.1) is 11.9 Å². The van der Waals surface area contributed by atoms with Crippen molar-refractivity contribution in [3.8, 4) is 0 Å². The molecule has 6 heteroatoms. The van der Waals surface area contributed by atoms with Gasteiger partial charge >= 0.3 is 0 Å². The number of hydrogen-bond donors (Lipinski definition) is 0. The Hall–Kier alpha value is -1.66. The van der Waals surface area contributed by atoms with Gasteiger partial charge in [0.25, 0.3) is 5.56 Å². The van der Waals surface area contributed by atoms with Crippen LogP contribution in [0, 0.1) is 0 Å². The molecule has 0 spiro atoms. The molecule has 1 fully saturated rings. The van der Waals surface area contributed by atoms with Crippen LogP contribution in [0.25, 0.3) is 0 Å². The molecule has 0 aliphatic carbocycles. The van der Waals surface area contributed by atoms with E-state index in [0.29, 0.717) is 10.4 Å². The molecule has 0 bridgehead atoms. The molecular weight excluding hydrogens is 380 g/mol. The molecule has 5 nitrogen and oxygen atoms in total. The first kappa shape index (κ1) is 18.1. The first-order valence-corrected chi connectivity index (χ1v) is 9.53. The molecular formula is C19H25BrN4O. The molecule has 1 aromatic heterocycles. The van der Waals surface area contributed by atoms with Crippen LogP contribution in [0.5, 0.6) is 0 Å². The summed E-state index contributed by atoms with van der Waals surface area (Å²) < 4.78 is 1.95. The second-order valence-electron chi connectivity index (χ2n) is 6.93. The van der Waals surface area contributed by atoms with Crippen LogP contribution in [0.2, 0.25) is 0 Å². The predicted octanol–water partition coefficient (Wildman–Crippen LogP) is 2.99. The van der Waals surface area contributed by atoms with Crippen molar-refractivity contribution in [1.29, 1.82) is 0 Å². The Bertz CT molecular complexity index is 777. The molecule has 1 aromatic carbocycles. The number of aromatic nitrogens is 2. The highest BCUT2D eigenvalue weighted by molar-refractivity contribution is 9.10. The summed E-state index contributed by atoms with van der Waals surface area (Å²) in [5.41, 5.74) is 3.54. The molecule has 3 rings (SSSR count). The Kier molecular flexibility index (Phi) is 5.59. The maximum Gasteiger partial charge on any atom is 0.282 e. The summed E-state index contributed by atoms with van der Waals surface area (Å²) in [5.74, 6) is 0.572. The Labute approximate surface area is 157 Å². The van der Waals surface area contributed by atoms with Crippen LogP contribution < -0.4 is 10.5 Å². The molecule has 1 aliphatic heterocycles. The summed E-state index contributed by atoms with van der Waals surface area (Å²) >= 11 is 3.43. The number of benzene rings is 1. The van der Waals surface area contributed by atoms with E-state index in [9.17, 15) is 4.79 Å². The zero-order chi connectivity index (χ0) is 18.0. The van der Waals surface area contributed by atoms with Gasteiger partial charge in [-0.3, -0.25) is 9.69 Å². The van der Waals surface area contributed by atoms with E-state index in [1.165, 1.54) is 15.8 Å². The van der Waals surface area contributed by atoms with E-state index in [4.69, 9.17) is 0 Å². The summed E-state index contributed by atoms with van der Waals surface area (Å²) in [6.07, 6.45) is 1.77. The molecule has 2 heterocycles. The van der Waals surface area contributed by atoms with E-state index in [1.54, 1.807) is 13.2 Å². The molecule has 0 radical (unpaired) electrons. The first-order valence-electron chi connectivity index (χ1n) is 8.73. The Morgan fingerprint density at radius 3 is 2.36 bits per heavy atom. The maximum atomic E-state index is 12.0. The zero-order valence-electron chi connectivity index (χ0n) is 15.1. The molecule has 1 aliphatic rings. The first-order chi connectivity index (χ1) is 12.0. The van der Waals surface area contributed by atoms with Gasteiger partial charge in [-0.05, 0) is 33.0 Å². The summed E-state index contributed by atoms with van der Waals surface area (Å²) in [5, 5.41) is 4.14. The van der Waals surface area contributed by atoms with Crippen molar-refractivity contribution in [1.82, 2.24) is 14.7 Å². The van der Waals surface area contributed by atoms with Crippen LogP contribution in [0.3, 0.4) is 0 Å². The number of nitrogens with zero attached hydrogens (tertiary/aromatic N) is 4. The van der Waals surface area contributed by atoms with Gasteiger partial charge in [-0.25, -0.2) is 4.68 Å². The van der Waals surface area contributed by atoms with E-state index < -0.39 is 0 Å². The lowest BCUT2D eigenvalue weighted by Crippen LogP contribution is -2.46. The lowest BCUT2D eigenvalue weighted by molar-refractivity contribution is 0.249. The van der Waals surface area contributed by atoms with Crippen molar-refractivity contribution in [3.63, 3.8) is 0 Å². The SMILES string of the molecule is CC(C)c1ccc(CN2CCN(c3cnn(C)c(=O)c3Br)CC2)cc1. The summed E-state index contributed by atoms with van der Waals surface area (Å²) in [7, 11) is 1.67. The zero-order valence-corrected chi connectivity index (χ0v) is 16.7. The molecule has 0 N–H and O–H groups in total. The maximum absolute atomic E-state index is 12.0. The van der Waals surface area contributed by atoms with E-state index in [2.05, 4.69) is 68.9 Å². The van der Waals surface area contributed by atoms with Crippen molar-refractivity contribution >= 4 is 21.6 Å². The van der Waals surface area contributed by atoms with Crippen molar-refractivity contribution in [2.45, 2.75) is 26.3 Å². The van der Waals surface area contributed by atoms with Crippen LogP contribution in [-0.4, -0.2) is 40.9 Å². The summed E-state index contributed by atoms with van der Waals surface area (Å²) in [6.45, 7) is 9.18. The third kappa shape index (κ3) is 4.12. The fourth-order valence-corrected chi connectivity index (χ4v) is 3.75. The van der Waals surface area contributed by atoms with E-state index in [1.807, 2.05) is 0 Å². The van der Waals surface area contributed by atoms with Crippen LogP contribution in [-0.2, 0) is 13.6 Å². The van der Waals surface area contributed by atoms with Crippen LogP contribution in [0.4, 0.5) is 5.69 Å². The molecule has 0 atom stereocenters. The van der Waals surface area contributed by atoms with Crippen LogP contribution in [0.1, 0.15) is 30.9 Å². The second kappa shape index (κ2) is 7.70. The van der Waals surface area contributed by atoms with Gasteiger partial charge < -0.3 is 4.90 Å². The Morgan fingerprint density at radius 1 is 1.12 bits per heavy atom. The number of anilines is 1. The minimum absolute atomic E-state index is 0.0924. The Balaban J connectivity index is 1.60. The highest BCUT2D eigenvalue weighted by Gasteiger charge is 2.20. The fourth-order valence-electron chi connectivity index (χ4n) is 3.14. The fraction of sp³-hybridized carbons (Fsp3) is 0.474. The van der Waals surface area contributed by atoms with Gasteiger partial charge in [-0.15, -0.1) is 0 Å². The molecule has 134 valence electrons. The lowest BCUT2D eigenvalue weighted by atomic mass is 10.0. The largest absolute Gasteiger partial charge is 0.367 e. The van der Waals surface area contributed by atoms with Crippen molar-refractivity contribution in [2.24, 2.45) is 7.05 Å². The number of piperazine rings is 1. The smallest absolute Gasteiger partial charge is 0.282 e. The highest BCUT2D eigenvalue weighted by atomic mass is 79.9. The summed E-state index contributed by atoms with van der Waals surface area (Å²) in [4.78, 5) is 16.7. The summed E-state index contributed by atoms with van der Waals surface area (Å²) in [6, 6.07) is 8.95.